The lowest BCUT2D eigenvalue weighted by atomic mass is 9.86. The normalized spacial score (nSPS) is 12.2. The first-order valence-corrected chi connectivity index (χ1v) is 20.9. The molecule has 0 radical (unpaired) electrons. The van der Waals surface area contributed by atoms with Gasteiger partial charge in [-0.05, 0) is 121 Å². The van der Waals surface area contributed by atoms with Crippen LogP contribution in [-0.2, 0) is 10.8 Å². The van der Waals surface area contributed by atoms with Gasteiger partial charge in [0.1, 0.15) is 0 Å². The summed E-state index contributed by atoms with van der Waals surface area (Å²) in [4.78, 5) is 4.64. The Morgan fingerprint density at radius 2 is 0.983 bits per heavy atom. The Bertz CT molecular complexity index is 2780. The van der Waals surface area contributed by atoms with Crippen LogP contribution in [0.4, 0.5) is 28.4 Å². The molecule has 8 aromatic carbocycles. The molecule has 0 N–H and O–H groups in total. The summed E-state index contributed by atoms with van der Waals surface area (Å²) in [6.45, 7) is 22.2. The van der Waals surface area contributed by atoms with Crippen LogP contribution < -0.4 is 9.80 Å². The second-order valence-corrected chi connectivity index (χ2v) is 17.7. The van der Waals surface area contributed by atoms with Crippen LogP contribution in [0.5, 0.6) is 0 Å². The molecule has 60 heavy (non-hydrogen) atoms. The highest BCUT2D eigenvalue weighted by Gasteiger charge is 2.20. The van der Waals surface area contributed by atoms with Crippen molar-refractivity contribution < 1.29 is 0 Å². The highest BCUT2D eigenvalue weighted by Crippen LogP contribution is 2.42. The molecule has 0 aliphatic heterocycles. The third-order valence-corrected chi connectivity index (χ3v) is 11.5. The first kappa shape index (κ1) is 39.9. The van der Waals surface area contributed by atoms with Gasteiger partial charge >= 0.3 is 0 Å². The van der Waals surface area contributed by atoms with Crippen LogP contribution in [0.25, 0.3) is 44.5 Å². The van der Waals surface area contributed by atoms with Crippen molar-refractivity contribution in [1.29, 1.82) is 0 Å². The van der Waals surface area contributed by atoms with Crippen molar-refractivity contribution in [3.05, 3.63) is 223 Å². The number of nitrogens with zero attached hydrogens (tertiary/aromatic N) is 2. The summed E-state index contributed by atoms with van der Waals surface area (Å²) in [6, 6.07) is 59.6. The fraction of sp³-hybridized carbons (Fsp3) is 0.138. The van der Waals surface area contributed by atoms with Crippen molar-refractivity contribution in [3.63, 3.8) is 0 Å². The van der Waals surface area contributed by atoms with E-state index in [9.17, 15) is 0 Å². The van der Waals surface area contributed by atoms with Gasteiger partial charge in [0.15, 0.2) is 0 Å². The predicted molar refractivity (Wildman–Crippen MR) is 263 cm³/mol. The number of hydrogen-bond donors (Lipinski definition) is 0. The maximum atomic E-state index is 4.67. The average Bonchev–Trinajstić information content (AvgIpc) is 3.25. The van der Waals surface area contributed by atoms with Gasteiger partial charge in [-0.2, -0.15) is 0 Å². The van der Waals surface area contributed by atoms with Gasteiger partial charge in [-0.15, -0.1) is 0 Å². The molecule has 0 saturated heterocycles. The van der Waals surface area contributed by atoms with Gasteiger partial charge in [-0.3, -0.25) is 0 Å². The zero-order valence-corrected chi connectivity index (χ0v) is 35.8. The van der Waals surface area contributed by atoms with Crippen molar-refractivity contribution >= 4 is 72.9 Å². The van der Waals surface area contributed by atoms with Crippen LogP contribution in [-0.4, -0.2) is 0 Å². The molecular formula is C58H54N2. The summed E-state index contributed by atoms with van der Waals surface area (Å²) >= 11 is 0. The molecule has 0 aliphatic carbocycles. The van der Waals surface area contributed by atoms with Crippen molar-refractivity contribution in [3.8, 4) is 0 Å². The lowest BCUT2D eigenvalue weighted by molar-refractivity contribution is 0.590. The fourth-order valence-electron chi connectivity index (χ4n) is 8.09. The lowest BCUT2D eigenvalue weighted by Gasteiger charge is -2.28. The van der Waals surface area contributed by atoms with Crippen molar-refractivity contribution in [2.75, 3.05) is 9.80 Å². The van der Waals surface area contributed by atoms with Crippen LogP contribution in [0.1, 0.15) is 63.8 Å². The van der Waals surface area contributed by atoms with Gasteiger partial charge in [0.25, 0.3) is 0 Å². The van der Waals surface area contributed by atoms with E-state index >= 15 is 0 Å². The van der Waals surface area contributed by atoms with Gasteiger partial charge in [0.2, 0.25) is 0 Å². The summed E-state index contributed by atoms with van der Waals surface area (Å²) in [5.41, 5.74) is 11.2. The van der Waals surface area contributed by atoms with E-state index in [1.807, 2.05) is 12.2 Å². The molecular weight excluding hydrogens is 725 g/mol. The number of anilines is 5. The molecule has 0 amide bonds. The van der Waals surface area contributed by atoms with Crippen molar-refractivity contribution in [2.24, 2.45) is 0 Å². The number of rotatable bonds is 10. The minimum Gasteiger partial charge on any atom is -0.311 e. The predicted octanol–water partition coefficient (Wildman–Crippen LogP) is 16.8. The first-order chi connectivity index (χ1) is 28.9. The Balaban J connectivity index is 1.24. The zero-order valence-electron chi connectivity index (χ0n) is 35.8. The molecule has 0 aliphatic rings. The average molecular weight is 779 g/mol. The molecule has 0 spiro atoms. The molecule has 2 heteroatoms. The van der Waals surface area contributed by atoms with Crippen molar-refractivity contribution in [1.82, 2.24) is 0 Å². The Morgan fingerprint density at radius 1 is 0.483 bits per heavy atom. The Labute approximate surface area is 356 Å². The monoisotopic (exact) mass is 778 g/mol. The van der Waals surface area contributed by atoms with Gasteiger partial charge < -0.3 is 9.80 Å². The summed E-state index contributed by atoms with van der Waals surface area (Å²) in [7, 11) is 0. The summed E-state index contributed by atoms with van der Waals surface area (Å²) < 4.78 is 0. The smallest absolute Gasteiger partial charge is 0.0540 e. The van der Waals surface area contributed by atoms with Crippen LogP contribution in [0.2, 0.25) is 0 Å². The Morgan fingerprint density at radius 3 is 1.48 bits per heavy atom. The number of benzene rings is 8. The number of fused-ring (bicyclic) bond motifs is 3. The molecule has 0 atom stereocenters. The van der Waals surface area contributed by atoms with Gasteiger partial charge in [0.05, 0.1) is 5.69 Å². The Kier molecular flexibility index (Phi) is 10.9. The van der Waals surface area contributed by atoms with Gasteiger partial charge in [-0.1, -0.05) is 188 Å². The lowest BCUT2D eigenvalue weighted by Crippen LogP contribution is -2.16. The molecule has 0 unspecified atom stereocenters. The standard InChI is InChI=1S/C58H54N2/c1-9-10-20-53-44(24-23-41(2)59(49-34-28-47(29-35-49)57(3,4)5)50-36-30-48(31-37-50)58(6,7)8)27-38-55-54(53)21-15-22-56(55)60(51-32-25-42-16-11-13-18-45(42)39-51)52-33-26-43-17-12-14-19-46(43)40-52/h9-40H,1-2H2,3-8H3/b20-10-,24-23-. The number of hydrogen-bond acceptors (Lipinski definition) is 2. The summed E-state index contributed by atoms with van der Waals surface area (Å²) in [5.74, 6) is 0. The van der Waals surface area contributed by atoms with Crippen LogP contribution in [0.3, 0.4) is 0 Å². The quantitative estimate of drug-likeness (QED) is 0.128. The molecule has 8 aromatic rings. The van der Waals surface area contributed by atoms with Crippen LogP contribution in [0, 0.1) is 0 Å². The highest BCUT2D eigenvalue weighted by molar-refractivity contribution is 6.05. The largest absolute Gasteiger partial charge is 0.311 e. The van der Waals surface area contributed by atoms with Crippen LogP contribution >= 0.6 is 0 Å². The Hall–Kier alpha value is -6.90. The van der Waals surface area contributed by atoms with E-state index in [1.165, 1.54) is 32.7 Å². The first-order valence-electron chi connectivity index (χ1n) is 20.9. The van der Waals surface area contributed by atoms with Gasteiger partial charge in [0, 0.05) is 33.8 Å². The second kappa shape index (κ2) is 16.4. The molecule has 0 heterocycles. The van der Waals surface area contributed by atoms with E-state index in [2.05, 4.69) is 247 Å². The summed E-state index contributed by atoms with van der Waals surface area (Å²) in [5, 5.41) is 7.14. The molecule has 296 valence electrons. The van der Waals surface area contributed by atoms with Crippen molar-refractivity contribution in [2.45, 2.75) is 52.4 Å². The molecule has 0 aromatic heterocycles. The van der Waals surface area contributed by atoms with Gasteiger partial charge in [-0.25, -0.2) is 0 Å². The third-order valence-electron chi connectivity index (χ3n) is 11.5. The molecule has 0 bridgehead atoms. The van der Waals surface area contributed by atoms with E-state index < -0.39 is 0 Å². The highest BCUT2D eigenvalue weighted by atomic mass is 15.1. The molecule has 2 nitrogen and oxygen atoms in total. The minimum atomic E-state index is 0.0575. The van der Waals surface area contributed by atoms with E-state index in [-0.39, 0.29) is 10.8 Å². The van der Waals surface area contributed by atoms with E-state index in [4.69, 9.17) is 0 Å². The molecule has 8 rings (SSSR count). The number of allylic oxidation sites excluding steroid dienone is 3. The van der Waals surface area contributed by atoms with Crippen LogP contribution in [0.15, 0.2) is 201 Å². The van der Waals surface area contributed by atoms with E-state index in [1.54, 1.807) is 0 Å². The maximum Gasteiger partial charge on any atom is 0.0540 e. The van der Waals surface area contributed by atoms with E-state index in [0.717, 1.165) is 56.0 Å². The maximum absolute atomic E-state index is 4.67. The topological polar surface area (TPSA) is 6.48 Å². The second-order valence-electron chi connectivity index (χ2n) is 17.7. The zero-order chi connectivity index (χ0) is 42.0. The summed E-state index contributed by atoms with van der Waals surface area (Å²) in [6.07, 6.45) is 10.4. The SMILES string of the molecule is C=C/C=C\c1c(/C=C\C(=C)N(c2ccc(C(C)(C)C)cc2)c2ccc(C(C)(C)C)cc2)ccc2c(N(c3ccc4ccccc4c3)c3ccc4ccccc4c3)cccc12. The minimum absolute atomic E-state index is 0.0575. The molecule has 0 fully saturated rings. The fourth-order valence-corrected chi connectivity index (χ4v) is 8.09. The van der Waals surface area contributed by atoms with E-state index in [0.29, 0.717) is 0 Å². The molecule has 0 saturated carbocycles. The third kappa shape index (κ3) is 8.20.